The fourth-order valence-corrected chi connectivity index (χ4v) is 4.87. The van der Waals surface area contributed by atoms with Gasteiger partial charge in [0.1, 0.15) is 0 Å². The molecule has 4 rings (SSSR count). The maximum absolute atomic E-state index is 13.5. The van der Waals surface area contributed by atoms with Crippen LogP contribution in [0.15, 0.2) is 34.5 Å². The van der Waals surface area contributed by atoms with E-state index in [1.54, 1.807) is 6.92 Å². The standard InChI is InChI=1S/C22H25N3O5/c1-13-19(22(28)24-10-3-2-4-11-24)20(21-15(23-13)6-5-7-18(21)27)14-8-9-17(26)16(12-14)25(29)30/h8-9,12,19-20,26H,2-7,10-11H2,1H3/p-1/t19?,20-/m0/s1. The van der Waals surface area contributed by atoms with Gasteiger partial charge >= 0.3 is 0 Å². The molecule has 0 aromatic heterocycles. The molecular weight excluding hydrogens is 386 g/mol. The summed E-state index contributed by atoms with van der Waals surface area (Å²) in [6, 6.07) is 3.90. The number of nitro benzene ring substituents is 1. The van der Waals surface area contributed by atoms with Crippen LogP contribution in [0.25, 0.3) is 0 Å². The molecular formula is C22H24N3O5-. The lowest BCUT2D eigenvalue weighted by atomic mass is 9.71. The van der Waals surface area contributed by atoms with Crippen LogP contribution in [0.1, 0.15) is 56.9 Å². The zero-order valence-corrected chi connectivity index (χ0v) is 16.9. The number of nitro groups is 1. The van der Waals surface area contributed by atoms with Crippen LogP contribution < -0.4 is 5.11 Å². The van der Waals surface area contributed by atoms with E-state index in [0.717, 1.165) is 25.3 Å². The predicted molar refractivity (Wildman–Crippen MR) is 108 cm³/mol. The Bertz CT molecular complexity index is 975. The van der Waals surface area contributed by atoms with Gasteiger partial charge < -0.3 is 10.0 Å². The fourth-order valence-electron chi connectivity index (χ4n) is 4.87. The number of hydrogen-bond acceptors (Lipinski definition) is 6. The van der Waals surface area contributed by atoms with Crippen molar-refractivity contribution in [1.29, 1.82) is 0 Å². The summed E-state index contributed by atoms with van der Waals surface area (Å²) in [5.74, 6) is -2.20. The van der Waals surface area contributed by atoms with Gasteiger partial charge in [0.2, 0.25) is 5.91 Å². The predicted octanol–water partition coefficient (Wildman–Crippen LogP) is 2.86. The molecule has 0 spiro atoms. The molecule has 1 fully saturated rings. The first-order valence-corrected chi connectivity index (χ1v) is 10.4. The number of carbonyl (C=O) groups is 2. The number of piperidine rings is 1. The number of benzene rings is 1. The third-order valence-corrected chi connectivity index (χ3v) is 6.31. The van der Waals surface area contributed by atoms with Gasteiger partial charge in [0.15, 0.2) is 5.78 Å². The molecule has 2 atom stereocenters. The van der Waals surface area contributed by atoms with Crippen molar-refractivity contribution in [3.05, 3.63) is 45.1 Å². The Hall–Kier alpha value is -3.03. The first-order valence-electron chi connectivity index (χ1n) is 10.4. The normalized spacial score (nSPS) is 24.4. The van der Waals surface area contributed by atoms with Crippen LogP contribution in [0.2, 0.25) is 0 Å². The minimum Gasteiger partial charge on any atom is -0.868 e. The van der Waals surface area contributed by atoms with Crippen molar-refractivity contribution in [3.63, 3.8) is 0 Å². The SMILES string of the molecule is CC1=NC2=C(C(=O)CCC2)[C@@H](c2ccc([O-])c([N+](=O)[O-])c2)C1C(=O)N1CCCCC1. The van der Waals surface area contributed by atoms with Crippen molar-refractivity contribution < 1.29 is 19.6 Å². The van der Waals surface area contributed by atoms with Crippen LogP contribution in [0.5, 0.6) is 5.75 Å². The number of aliphatic imine (C=N–C) groups is 1. The summed E-state index contributed by atoms with van der Waals surface area (Å²) < 4.78 is 0. The maximum Gasteiger partial charge on any atom is 0.262 e. The molecule has 8 nitrogen and oxygen atoms in total. The summed E-state index contributed by atoms with van der Waals surface area (Å²) in [4.78, 5) is 43.5. The van der Waals surface area contributed by atoms with Crippen LogP contribution in [-0.4, -0.2) is 40.3 Å². The van der Waals surface area contributed by atoms with Gasteiger partial charge in [-0.2, -0.15) is 0 Å². The largest absolute Gasteiger partial charge is 0.868 e. The van der Waals surface area contributed by atoms with E-state index in [2.05, 4.69) is 4.99 Å². The van der Waals surface area contributed by atoms with Gasteiger partial charge in [0.25, 0.3) is 5.69 Å². The molecule has 2 aliphatic heterocycles. The zero-order chi connectivity index (χ0) is 21.4. The molecule has 2 heterocycles. The van der Waals surface area contributed by atoms with E-state index in [1.807, 2.05) is 4.90 Å². The number of allylic oxidation sites excluding steroid dienone is 2. The number of likely N-dealkylation sites (tertiary alicyclic amines) is 1. The number of Topliss-reactive ketones (excluding diaryl/α,β-unsaturated/α-hetero) is 1. The van der Waals surface area contributed by atoms with Crippen molar-refractivity contribution in [1.82, 2.24) is 4.90 Å². The Morgan fingerprint density at radius 1 is 1.17 bits per heavy atom. The molecule has 0 bridgehead atoms. The summed E-state index contributed by atoms with van der Waals surface area (Å²) in [6.45, 7) is 3.11. The lowest BCUT2D eigenvalue weighted by Crippen LogP contribution is -2.46. The average Bonchev–Trinajstić information content (AvgIpc) is 2.73. The number of hydrogen-bond donors (Lipinski definition) is 0. The minimum absolute atomic E-state index is 0.0669. The second-order valence-electron chi connectivity index (χ2n) is 8.22. The highest BCUT2D eigenvalue weighted by Gasteiger charge is 2.44. The summed E-state index contributed by atoms with van der Waals surface area (Å²) in [7, 11) is 0. The highest BCUT2D eigenvalue weighted by molar-refractivity contribution is 6.10. The van der Waals surface area contributed by atoms with Gasteiger partial charge in [0, 0.05) is 48.5 Å². The smallest absolute Gasteiger partial charge is 0.262 e. The molecule has 0 radical (unpaired) electrons. The highest BCUT2D eigenvalue weighted by Crippen LogP contribution is 2.45. The monoisotopic (exact) mass is 410 g/mol. The Morgan fingerprint density at radius 3 is 2.60 bits per heavy atom. The van der Waals surface area contributed by atoms with Crippen molar-refractivity contribution >= 4 is 23.1 Å². The average molecular weight is 410 g/mol. The molecule has 0 N–H and O–H groups in total. The maximum atomic E-state index is 13.5. The topological polar surface area (TPSA) is 116 Å². The Morgan fingerprint density at radius 2 is 1.90 bits per heavy atom. The molecule has 1 aromatic carbocycles. The first-order chi connectivity index (χ1) is 14.4. The molecule has 30 heavy (non-hydrogen) atoms. The number of rotatable bonds is 3. The van der Waals surface area contributed by atoms with Crippen LogP contribution in [0, 0.1) is 16.0 Å². The van der Waals surface area contributed by atoms with E-state index in [1.165, 1.54) is 12.1 Å². The van der Waals surface area contributed by atoms with Crippen molar-refractivity contribution in [2.45, 2.75) is 51.4 Å². The Balaban J connectivity index is 1.84. The molecule has 1 aromatic rings. The summed E-state index contributed by atoms with van der Waals surface area (Å²) in [6.07, 6.45) is 4.66. The van der Waals surface area contributed by atoms with Gasteiger partial charge in [-0.25, -0.2) is 0 Å². The fraction of sp³-hybridized carbons (Fsp3) is 0.500. The van der Waals surface area contributed by atoms with Crippen molar-refractivity contribution in [2.24, 2.45) is 10.9 Å². The van der Waals surface area contributed by atoms with E-state index in [0.29, 0.717) is 54.9 Å². The first kappa shape index (κ1) is 20.3. The molecule has 1 aliphatic carbocycles. The van der Waals surface area contributed by atoms with Gasteiger partial charge in [-0.05, 0) is 50.3 Å². The van der Waals surface area contributed by atoms with E-state index >= 15 is 0 Å². The van der Waals surface area contributed by atoms with Crippen molar-refractivity contribution in [3.8, 4) is 5.75 Å². The van der Waals surface area contributed by atoms with Crippen LogP contribution >= 0.6 is 0 Å². The van der Waals surface area contributed by atoms with Gasteiger partial charge in [-0.1, -0.05) is 12.1 Å². The lowest BCUT2D eigenvalue weighted by molar-refractivity contribution is -0.398. The summed E-state index contributed by atoms with van der Waals surface area (Å²) in [5.41, 5.74) is 1.69. The van der Waals surface area contributed by atoms with Gasteiger partial charge in [-0.3, -0.25) is 24.7 Å². The third-order valence-electron chi connectivity index (χ3n) is 6.31. The van der Waals surface area contributed by atoms with E-state index in [4.69, 9.17) is 0 Å². The van der Waals surface area contributed by atoms with E-state index < -0.39 is 28.2 Å². The van der Waals surface area contributed by atoms with Crippen LogP contribution in [-0.2, 0) is 9.59 Å². The number of ketones is 1. The minimum atomic E-state index is -0.713. The molecule has 0 saturated carbocycles. The van der Waals surface area contributed by atoms with Crippen LogP contribution in [0.3, 0.4) is 0 Å². The third kappa shape index (κ3) is 3.51. The van der Waals surface area contributed by atoms with Crippen molar-refractivity contribution in [2.75, 3.05) is 13.1 Å². The zero-order valence-electron chi connectivity index (χ0n) is 16.9. The molecule has 1 saturated heterocycles. The molecule has 8 heteroatoms. The van der Waals surface area contributed by atoms with E-state index in [9.17, 15) is 24.8 Å². The molecule has 1 amide bonds. The molecule has 1 unspecified atom stereocenters. The molecule has 158 valence electrons. The highest BCUT2D eigenvalue weighted by atomic mass is 16.6. The Labute approximate surface area is 174 Å². The van der Waals surface area contributed by atoms with Gasteiger partial charge in [-0.15, -0.1) is 0 Å². The molecule has 3 aliphatic rings. The number of amides is 1. The number of carbonyl (C=O) groups excluding carboxylic acids is 2. The lowest BCUT2D eigenvalue weighted by Gasteiger charge is -2.38. The number of nitrogens with zero attached hydrogens (tertiary/aromatic N) is 3. The van der Waals surface area contributed by atoms with E-state index in [-0.39, 0.29) is 11.7 Å². The quantitative estimate of drug-likeness (QED) is 0.561. The second kappa shape index (κ2) is 8.01. The second-order valence-corrected chi connectivity index (χ2v) is 8.22. The van der Waals surface area contributed by atoms with Gasteiger partial charge in [0.05, 0.1) is 10.8 Å². The Kier molecular flexibility index (Phi) is 5.40. The van der Waals surface area contributed by atoms with Crippen LogP contribution in [0.4, 0.5) is 5.69 Å². The summed E-state index contributed by atoms with van der Waals surface area (Å²) >= 11 is 0. The summed E-state index contributed by atoms with van der Waals surface area (Å²) in [5, 5.41) is 23.3.